The van der Waals surface area contributed by atoms with Crippen LogP contribution in [0.1, 0.15) is 5.56 Å². The summed E-state index contributed by atoms with van der Waals surface area (Å²) in [5.74, 6) is -1.05. The van der Waals surface area contributed by atoms with Crippen molar-refractivity contribution in [3.8, 4) is 5.75 Å². The molecule has 1 saturated heterocycles. The number of hydrogen-bond acceptors (Lipinski definition) is 5. The predicted octanol–water partition coefficient (Wildman–Crippen LogP) is 4.30. The summed E-state index contributed by atoms with van der Waals surface area (Å²) in [6.07, 6.45) is 1.42. The Morgan fingerprint density at radius 3 is 2.45 bits per heavy atom. The lowest BCUT2D eigenvalue weighted by molar-refractivity contribution is -0.142. The van der Waals surface area contributed by atoms with Gasteiger partial charge in [0.05, 0.1) is 22.8 Å². The lowest BCUT2D eigenvalue weighted by Crippen LogP contribution is -2.30. The first kappa shape index (κ1) is 21.0. The number of carbonyl (C=O) groups excluding carboxylic acids is 3. The Hall–Kier alpha value is -2.74. The molecule has 2 aromatic carbocycles. The Bertz CT molecular complexity index is 1020. The maximum Gasteiger partial charge on any atom is 0.343 e. The van der Waals surface area contributed by atoms with Crippen molar-refractivity contribution in [1.82, 2.24) is 5.32 Å². The quantitative estimate of drug-likeness (QED) is 0.413. The normalized spacial score (nSPS) is 14.9. The number of nitrogens with zero attached hydrogens (tertiary/aromatic N) is 1. The molecule has 1 heterocycles. The summed E-state index contributed by atoms with van der Waals surface area (Å²) < 4.78 is 9.74. The molecule has 3 amide bonds. The molecule has 29 heavy (non-hydrogen) atoms. The molecule has 0 unspecified atom stereocenters. The SMILES string of the molecule is COC(=O)COc1c(Cl)cc(C=C2NC(=O)N(c3cccc(Cl)c3)C2=O)cc1Cl. The molecule has 1 aliphatic heterocycles. The molecule has 10 heteroatoms. The molecule has 1 aliphatic rings. The second-order valence-corrected chi connectivity index (χ2v) is 7.04. The van der Waals surface area contributed by atoms with E-state index >= 15 is 0 Å². The average molecular weight is 456 g/mol. The number of ether oxygens (including phenoxy) is 2. The fourth-order valence-electron chi connectivity index (χ4n) is 2.54. The van der Waals surface area contributed by atoms with Gasteiger partial charge in [-0.2, -0.15) is 0 Å². The summed E-state index contributed by atoms with van der Waals surface area (Å²) in [6.45, 7) is -0.362. The fourth-order valence-corrected chi connectivity index (χ4v) is 3.34. The topological polar surface area (TPSA) is 84.9 Å². The Morgan fingerprint density at radius 1 is 1.14 bits per heavy atom. The molecule has 0 spiro atoms. The first-order valence-corrected chi connectivity index (χ1v) is 9.25. The fraction of sp³-hybridized carbons (Fsp3) is 0.105. The maximum absolute atomic E-state index is 12.7. The van der Waals surface area contributed by atoms with E-state index in [1.165, 1.54) is 31.4 Å². The van der Waals surface area contributed by atoms with Gasteiger partial charge in [-0.1, -0.05) is 40.9 Å². The van der Waals surface area contributed by atoms with Gasteiger partial charge in [0, 0.05) is 5.02 Å². The molecule has 2 aromatic rings. The summed E-state index contributed by atoms with van der Waals surface area (Å²) in [7, 11) is 1.23. The standard InChI is InChI=1S/C19H13Cl3N2O5/c1-28-16(25)9-29-17-13(21)5-10(6-14(17)22)7-15-18(26)24(19(27)23-15)12-4-2-3-11(20)8-12/h2-8H,9H2,1H3,(H,23,27). The van der Waals surface area contributed by atoms with Gasteiger partial charge in [-0.3, -0.25) is 4.79 Å². The monoisotopic (exact) mass is 454 g/mol. The Kier molecular flexibility index (Phi) is 6.32. The Labute approximate surface area is 180 Å². The van der Waals surface area contributed by atoms with E-state index < -0.39 is 17.9 Å². The molecule has 0 aromatic heterocycles. The van der Waals surface area contributed by atoms with E-state index in [2.05, 4.69) is 10.1 Å². The summed E-state index contributed by atoms with van der Waals surface area (Å²) in [5.41, 5.74) is 0.818. The van der Waals surface area contributed by atoms with Crippen LogP contribution in [0.2, 0.25) is 15.1 Å². The minimum Gasteiger partial charge on any atom is -0.479 e. The number of hydrogen-bond donors (Lipinski definition) is 1. The van der Waals surface area contributed by atoms with Crippen LogP contribution in [-0.4, -0.2) is 31.6 Å². The van der Waals surface area contributed by atoms with Crippen molar-refractivity contribution < 1.29 is 23.9 Å². The summed E-state index contributed by atoms with van der Waals surface area (Å²) in [6, 6.07) is 8.71. The molecular weight excluding hydrogens is 443 g/mol. The number of urea groups is 1. The Morgan fingerprint density at radius 2 is 1.83 bits per heavy atom. The lowest BCUT2D eigenvalue weighted by Gasteiger charge is -2.11. The number of carbonyl (C=O) groups is 3. The van der Waals surface area contributed by atoms with Crippen LogP contribution in [0.4, 0.5) is 10.5 Å². The van der Waals surface area contributed by atoms with Crippen molar-refractivity contribution >= 4 is 64.5 Å². The van der Waals surface area contributed by atoms with Crippen LogP contribution < -0.4 is 15.0 Å². The van der Waals surface area contributed by atoms with Crippen LogP contribution in [-0.2, 0) is 14.3 Å². The second kappa shape index (κ2) is 8.73. The van der Waals surface area contributed by atoms with Gasteiger partial charge in [0.15, 0.2) is 12.4 Å². The van der Waals surface area contributed by atoms with Crippen molar-refractivity contribution in [3.63, 3.8) is 0 Å². The average Bonchev–Trinajstić information content (AvgIpc) is 2.94. The number of methoxy groups -OCH3 is 1. The molecule has 1 N–H and O–H groups in total. The van der Waals surface area contributed by atoms with Crippen molar-refractivity contribution in [2.45, 2.75) is 0 Å². The molecule has 0 bridgehead atoms. The van der Waals surface area contributed by atoms with Crippen LogP contribution >= 0.6 is 34.8 Å². The zero-order valence-electron chi connectivity index (χ0n) is 14.9. The van der Waals surface area contributed by atoms with Crippen molar-refractivity contribution in [3.05, 3.63) is 62.7 Å². The van der Waals surface area contributed by atoms with E-state index in [9.17, 15) is 14.4 Å². The van der Waals surface area contributed by atoms with E-state index in [0.29, 0.717) is 16.3 Å². The van der Waals surface area contributed by atoms with Crippen molar-refractivity contribution in [1.29, 1.82) is 0 Å². The van der Waals surface area contributed by atoms with Crippen molar-refractivity contribution in [2.24, 2.45) is 0 Å². The summed E-state index contributed by atoms with van der Waals surface area (Å²) >= 11 is 18.3. The second-order valence-electron chi connectivity index (χ2n) is 5.79. The number of esters is 1. The summed E-state index contributed by atoms with van der Waals surface area (Å²) in [5, 5.41) is 3.13. The van der Waals surface area contributed by atoms with E-state index in [-0.39, 0.29) is 28.1 Å². The van der Waals surface area contributed by atoms with Gasteiger partial charge in [0.25, 0.3) is 5.91 Å². The lowest BCUT2D eigenvalue weighted by atomic mass is 10.1. The third kappa shape index (κ3) is 4.64. The molecular formula is C19H13Cl3N2O5. The third-order valence-electron chi connectivity index (χ3n) is 3.84. The number of rotatable bonds is 5. The van der Waals surface area contributed by atoms with E-state index in [4.69, 9.17) is 39.5 Å². The highest BCUT2D eigenvalue weighted by Crippen LogP contribution is 2.35. The van der Waals surface area contributed by atoms with Gasteiger partial charge >= 0.3 is 12.0 Å². The number of imide groups is 1. The summed E-state index contributed by atoms with van der Waals surface area (Å²) in [4.78, 5) is 37.1. The number of amides is 3. The molecule has 3 rings (SSSR count). The highest BCUT2D eigenvalue weighted by Gasteiger charge is 2.35. The molecule has 0 aliphatic carbocycles. The van der Waals surface area contributed by atoms with Crippen LogP contribution in [0, 0.1) is 0 Å². The number of anilines is 1. The Balaban J connectivity index is 1.86. The van der Waals surface area contributed by atoms with E-state index in [0.717, 1.165) is 4.90 Å². The number of benzene rings is 2. The molecule has 0 atom stereocenters. The van der Waals surface area contributed by atoms with Crippen LogP contribution in [0.15, 0.2) is 42.1 Å². The molecule has 7 nitrogen and oxygen atoms in total. The molecule has 1 fully saturated rings. The molecule has 0 radical (unpaired) electrons. The van der Waals surface area contributed by atoms with Gasteiger partial charge < -0.3 is 14.8 Å². The number of nitrogens with one attached hydrogen (secondary N) is 1. The van der Waals surface area contributed by atoms with Gasteiger partial charge in [0.1, 0.15) is 5.70 Å². The van der Waals surface area contributed by atoms with Gasteiger partial charge in [-0.15, -0.1) is 0 Å². The van der Waals surface area contributed by atoms with Crippen LogP contribution in [0.3, 0.4) is 0 Å². The zero-order chi connectivity index (χ0) is 21.1. The van der Waals surface area contributed by atoms with Crippen LogP contribution in [0.5, 0.6) is 5.75 Å². The highest BCUT2D eigenvalue weighted by molar-refractivity contribution is 6.37. The highest BCUT2D eigenvalue weighted by atomic mass is 35.5. The van der Waals surface area contributed by atoms with Gasteiger partial charge in [-0.05, 0) is 42.0 Å². The molecule has 0 saturated carbocycles. The number of halogens is 3. The minimum atomic E-state index is -0.612. The molecule has 150 valence electrons. The van der Waals surface area contributed by atoms with Crippen LogP contribution in [0.25, 0.3) is 6.08 Å². The minimum absolute atomic E-state index is 0.0327. The zero-order valence-corrected chi connectivity index (χ0v) is 17.1. The van der Waals surface area contributed by atoms with Gasteiger partial charge in [0.2, 0.25) is 0 Å². The third-order valence-corrected chi connectivity index (χ3v) is 4.63. The first-order chi connectivity index (χ1) is 13.8. The van der Waals surface area contributed by atoms with E-state index in [1.807, 2.05) is 0 Å². The van der Waals surface area contributed by atoms with Crippen molar-refractivity contribution in [2.75, 3.05) is 18.6 Å². The largest absolute Gasteiger partial charge is 0.479 e. The maximum atomic E-state index is 12.7. The first-order valence-electron chi connectivity index (χ1n) is 8.11. The van der Waals surface area contributed by atoms with Gasteiger partial charge in [-0.25, -0.2) is 14.5 Å². The predicted molar refractivity (Wildman–Crippen MR) is 109 cm³/mol. The smallest absolute Gasteiger partial charge is 0.343 e. The van der Waals surface area contributed by atoms with E-state index in [1.54, 1.807) is 18.2 Å².